The summed E-state index contributed by atoms with van der Waals surface area (Å²) in [5, 5.41) is 16.6. The number of benzene rings is 2. The molecule has 1 amide bonds. The third-order valence-electron chi connectivity index (χ3n) is 3.80. The van der Waals surface area contributed by atoms with Crippen LogP contribution in [0.2, 0.25) is 0 Å². The van der Waals surface area contributed by atoms with Gasteiger partial charge in [0.05, 0.1) is 17.9 Å². The zero-order valence-corrected chi connectivity index (χ0v) is 17.6. The van der Waals surface area contributed by atoms with Crippen molar-refractivity contribution < 1.29 is 14.7 Å². The fourth-order valence-corrected chi connectivity index (χ4v) is 3.37. The highest BCUT2D eigenvalue weighted by molar-refractivity contribution is 9.10. The molecule has 1 aromatic heterocycles. The number of anilines is 1. The number of hydrogen-bond donors (Lipinski definition) is 2. The van der Waals surface area contributed by atoms with Crippen molar-refractivity contribution in [3.63, 3.8) is 0 Å². The van der Waals surface area contributed by atoms with Gasteiger partial charge >= 0.3 is 5.97 Å². The summed E-state index contributed by atoms with van der Waals surface area (Å²) in [6, 6.07) is 13.7. The summed E-state index contributed by atoms with van der Waals surface area (Å²) in [5.41, 5.74) is 1.61. The fourth-order valence-electron chi connectivity index (χ4n) is 2.47. The Morgan fingerprint density at radius 3 is 2.48 bits per heavy atom. The van der Waals surface area contributed by atoms with Crippen LogP contribution in [-0.2, 0) is 11.3 Å². The Morgan fingerprint density at radius 2 is 1.86 bits per heavy atom. The Labute approximate surface area is 180 Å². The number of thioether (sulfide) groups is 1. The molecule has 0 spiro atoms. The molecule has 3 aromatic rings. The number of amides is 1. The lowest BCUT2D eigenvalue weighted by atomic mass is 10.2. The van der Waals surface area contributed by atoms with Gasteiger partial charge in [0.15, 0.2) is 5.82 Å². The van der Waals surface area contributed by atoms with E-state index in [0.717, 1.165) is 10.0 Å². The standard InChI is InChI=1S/C20H17BrN4O3S/c1-2-11-25-18(13-3-7-15(21)8-4-13)23-20(24-25)29-12-17(26)22-16-9-5-14(6-10-16)19(27)28/h2-10H,1,11-12H2,(H,22,26)(H,27,28). The number of hydrogen-bond acceptors (Lipinski definition) is 5. The zero-order chi connectivity index (χ0) is 20.8. The first-order valence-corrected chi connectivity index (χ1v) is 10.3. The van der Waals surface area contributed by atoms with E-state index in [0.29, 0.717) is 23.2 Å². The largest absolute Gasteiger partial charge is 0.478 e. The molecule has 0 radical (unpaired) electrons. The molecule has 0 atom stereocenters. The Balaban J connectivity index is 1.66. The Kier molecular flexibility index (Phi) is 6.84. The average Bonchev–Trinajstić information content (AvgIpc) is 3.10. The zero-order valence-electron chi connectivity index (χ0n) is 15.2. The molecule has 2 N–H and O–H groups in total. The Hall–Kier alpha value is -2.91. The van der Waals surface area contributed by atoms with Crippen LogP contribution in [0.4, 0.5) is 5.69 Å². The van der Waals surface area contributed by atoms with Gasteiger partial charge in [-0.1, -0.05) is 45.9 Å². The summed E-state index contributed by atoms with van der Waals surface area (Å²) in [7, 11) is 0. The molecule has 0 saturated heterocycles. The van der Waals surface area contributed by atoms with Crippen LogP contribution in [0.15, 0.2) is 70.8 Å². The van der Waals surface area contributed by atoms with E-state index in [1.54, 1.807) is 22.9 Å². The third-order valence-corrected chi connectivity index (χ3v) is 5.17. The molecular weight excluding hydrogens is 456 g/mol. The fraction of sp³-hybridized carbons (Fsp3) is 0.100. The molecule has 3 rings (SSSR count). The SMILES string of the molecule is C=CCn1nc(SCC(=O)Nc2ccc(C(=O)O)cc2)nc1-c1ccc(Br)cc1. The van der Waals surface area contributed by atoms with E-state index >= 15 is 0 Å². The van der Waals surface area contributed by atoms with Crippen molar-refractivity contribution in [2.45, 2.75) is 11.7 Å². The molecule has 148 valence electrons. The molecule has 0 aliphatic heterocycles. The normalized spacial score (nSPS) is 10.5. The molecule has 1 heterocycles. The Bertz CT molecular complexity index is 1030. The van der Waals surface area contributed by atoms with Crippen molar-refractivity contribution in [3.8, 4) is 11.4 Å². The molecule has 0 saturated carbocycles. The molecule has 29 heavy (non-hydrogen) atoms. The van der Waals surface area contributed by atoms with E-state index < -0.39 is 5.97 Å². The summed E-state index contributed by atoms with van der Waals surface area (Å²) >= 11 is 4.64. The van der Waals surface area contributed by atoms with Gasteiger partial charge in [0.25, 0.3) is 0 Å². The van der Waals surface area contributed by atoms with Crippen LogP contribution in [-0.4, -0.2) is 37.5 Å². The number of allylic oxidation sites excluding steroid dienone is 1. The Morgan fingerprint density at radius 1 is 1.17 bits per heavy atom. The lowest BCUT2D eigenvalue weighted by Gasteiger charge is -2.04. The van der Waals surface area contributed by atoms with Gasteiger partial charge in [-0.2, -0.15) is 0 Å². The highest BCUT2D eigenvalue weighted by atomic mass is 79.9. The van der Waals surface area contributed by atoms with E-state index in [1.165, 1.54) is 23.9 Å². The molecule has 0 unspecified atom stereocenters. The molecule has 0 aliphatic rings. The first kappa shape index (κ1) is 20.8. The lowest BCUT2D eigenvalue weighted by molar-refractivity contribution is -0.113. The maximum atomic E-state index is 12.2. The van der Waals surface area contributed by atoms with E-state index in [4.69, 9.17) is 5.11 Å². The minimum absolute atomic E-state index is 0.124. The predicted octanol–water partition coefficient (Wildman–Crippen LogP) is 4.32. The molecule has 9 heteroatoms. The van der Waals surface area contributed by atoms with Gasteiger partial charge in [0.2, 0.25) is 11.1 Å². The number of rotatable bonds is 8. The number of nitrogens with one attached hydrogen (secondary N) is 1. The second-order valence-corrected chi connectivity index (χ2v) is 7.77. The van der Waals surface area contributed by atoms with E-state index in [2.05, 4.69) is 37.9 Å². The highest BCUT2D eigenvalue weighted by Crippen LogP contribution is 2.24. The van der Waals surface area contributed by atoms with Crippen LogP contribution in [0.25, 0.3) is 11.4 Å². The van der Waals surface area contributed by atoms with Gasteiger partial charge < -0.3 is 10.4 Å². The first-order valence-electron chi connectivity index (χ1n) is 8.54. The maximum absolute atomic E-state index is 12.2. The average molecular weight is 473 g/mol. The van der Waals surface area contributed by atoms with Gasteiger partial charge in [-0.05, 0) is 36.4 Å². The van der Waals surface area contributed by atoms with Gasteiger partial charge in [0.1, 0.15) is 0 Å². The predicted molar refractivity (Wildman–Crippen MR) is 116 cm³/mol. The van der Waals surface area contributed by atoms with Crippen molar-refractivity contribution in [1.82, 2.24) is 14.8 Å². The van der Waals surface area contributed by atoms with Gasteiger partial charge in [0, 0.05) is 15.7 Å². The molecule has 2 aromatic carbocycles. The highest BCUT2D eigenvalue weighted by Gasteiger charge is 2.13. The second kappa shape index (κ2) is 9.53. The number of aromatic nitrogens is 3. The van der Waals surface area contributed by atoms with Crippen LogP contribution in [0.1, 0.15) is 10.4 Å². The number of carbonyl (C=O) groups is 2. The molecule has 0 aliphatic carbocycles. The van der Waals surface area contributed by atoms with Crippen LogP contribution in [0, 0.1) is 0 Å². The first-order chi connectivity index (χ1) is 14.0. The number of nitrogens with zero attached hydrogens (tertiary/aromatic N) is 3. The molecule has 0 bridgehead atoms. The topological polar surface area (TPSA) is 97.1 Å². The van der Waals surface area contributed by atoms with Crippen LogP contribution >= 0.6 is 27.7 Å². The van der Waals surface area contributed by atoms with E-state index in [-0.39, 0.29) is 17.2 Å². The van der Waals surface area contributed by atoms with Gasteiger partial charge in [-0.3, -0.25) is 4.79 Å². The van der Waals surface area contributed by atoms with Gasteiger partial charge in [-0.15, -0.1) is 11.7 Å². The van der Waals surface area contributed by atoms with Crippen molar-refractivity contribution in [1.29, 1.82) is 0 Å². The minimum atomic E-state index is -1.01. The summed E-state index contributed by atoms with van der Waals surface area (Å²) in [5.74, 6) is -0.424. The minimum Gasteiger partial charge on any atom is -0.478 e. The van der Waals surface area contributed by atoms with E-state index in [1.807, 2.05) is 24.3 Å². The van der Waals surface area contributed by atoms with Crippen molar-refractivity contribution in [2.75, 3.05) is 11.1 Å². The number of carboxylic acid groups (broad SMARTS) is 1. The van der Waals surface area contributed by atoms with Crippen molar-refractivity contribution in [2.24, 2.45) is 0 Å². The summed E-state index contributed by atoms with van der Waals surface area (Å²) in [6.45, 7) is 4.25. The molecular formula is C20H17BrN4O3S. The number of carboxylic acids is 1. The molecule has 7 nitrogen and oxygen atoms in total. The summed E-state index contributed by atoms with van der Waals surface area (Å²) < 4.78 is 2.71. The van der Waals surface area contributed by atoms with Gasteiger partial charge in [-0.25, -0.2) is 14.5 Å². The quantitative estimate of drug-likeness (QED) is 0.374. The van der Waals surface area contributed by atoms with Crippen LogP contribution < -0.4 is 5.32 Å². The summed E-state index contributed by atoms with van der Waals surface area (Å²) in [6.07, 6.45) is 1.74. The number of aromatic carboxylic acids is 1. The van der Waals surface area contributed by atoms with Crippen LogP contribution in [0.3, 0.4) is 0 Å². The maximum Gasteiger partial charge on any atom is 0.335 e. The monoisotopic (exact) mass is 472 g/mol. The molecule has 0 fully saturated rings. The van der Waals surface area contributed by atoms with Crippen LogP contribution in [0.5, 0.6) is 0 Å². The smallest absolute Gasteiger partial charge is 0.335 e. The number of halogens is 1. The number of carbonyl (C=O) groups excluding carboxylic acids is 1. The summed E-state index contributed by atoms with van der Waals surface area (Å²) in [4.78, 5) is 27.6. The van der Waals surface area contributed by atoms with E-state index in [9.17, 15) is 9.59 Å². The lowest BCUT2D eigenvalue weighted by Crippen LogP contribution is -2.14. The third kappa shape index (κ3) is 5.55. The van der Waals surface area contributed by atoms with Crippen molar-refractivity contribution >= 4 is 45.3 Å². The van der Waals surface area contributed by atoms with Crippen molar-refractivity contribution in [3.05, 3.63) is 71.2 Å². The second-order valence-electron chi connectivity index (χ2n) is 5.92.